The molecule has 0 saturated heterocycles. The Morgan fingerprint density at radius 2 is 1.74 bits per heavy atom. The normalized spacial score (nSPS) is 10.5. The maximum Gasteiger partial charge on any atom is 0.340 e. The number of fused-ring (bicyclic) bond motifs is 1. The van der Waals surface area contributed by atoms with Crippen LogP contribution in [0.3, 0.4) is 0 Å². The first-order valence-corrected chi connectivity index (χ1v) is 9.74. The van der Waals surface area contributed by atoms with Gasteiger partial charge < -0.3 is 24.3 Å². The smallest absolute Gasteiger partial charge is 0.340 e. The van der Waals surface area contributed by atoms with Crippen LogP contribution in [0.15, 0.2) is 54.7 Å². The van der Waals surface area contributed by atoms with Crippen molar-refractivity contribution < 1.29 is 23.9 Å². The number of nitrogens with zero attached hydrogens (tertiary/aromatic N) is 2. The van der Waals surface area contributed by atoms with Crippen LogP contribution in [0.2, 0.25) is 0 Å². The molecule has 31 heavy (non-hydrogen) atoms. The number of para-hydroxylation sites is 1. The lowest BCUT2D eigenvalue weighted by atomic mass is 10.2. The molecule has 1 N–H and O–H groups in total. The minimum absolute atomic E-state index is 0.128. The summed E-state index contributed by atoms with van der Waals surface area (Å²) in [6.45, 7) is -0.163. The zero-order chi connectivity index (χ0) is 22.4. The van der Waals surface area contributed by atoms with E-state index in [9.17, 15) is 14.4 Å². The molecule has 0 fully saturated rings. The van der Waals surface area contributed by atoms with Gasteiger partial charge in [0.15, 0.2) is 6.61 Å². The third-order valence-electron chi connectivity index (χ3n) is 4.80. The number of amides is 1. The molecule has 8 nitrogen and oxygen atoms in total. The minimum Gasteiger partial charge on any atom is -0.465 e. The number of aromatic nitrogens is 1. The van der Waals surface area contributed by atoms with Crippen molar-refractivity contribution in [1.82, 2.24) is 9.88 Å². The molecule has 0 aliphatic carbocycles. The highest BCUT2D eigenvalue weighted by molar-refractivity contribution is 6.04. The van der Waals surface area contributed by atoms with Crippen molar-refractivity contribution in [1.29, 1.82) is 0 Å². The average Bonchev–Trinajstić information content (AvgIpc) is 3.14. The Hall–Kier alpha value is -3.81. The Morgan fingerprint density at radius 3 is 2.42 bits per heavy atom. The Bertz CT molecular complexity index is 1090. The molecule has 0 aliphatic rings. The van der Waals surface area contributed by atoms with Crippen molar-refractivity contribution in [3.05, 3.63) is 65.9 Å². The summed E-state index contributed by atoms with van der Waals surface area (Å²) in [6.07, 6.45) is 1.55. The molecular weight excluding hydrogens is 398 g/mol. The molecule has 8 heteroatoms. The second kappa shape index (κ2) is 9.80. The number of hydrogen-bond donors (Lipinski definition) is 1. The van der Waals surface area contributed by atoms with Crippen molar-refractivity contribution in [2.24, 2.45) is 0 Å². The van der Waals surface area contributed by atoms with E-state index in [2.05, 4.69) is 5.32 Å². The number of esters is 2. The number of carbonyl (C=O) groups is 3. The Kier molecular flexibility index (Phi) is 6.92. The first-order valence-electron chi connectivity index (χ1n) is 9.74. The number of ether oxygens (including phenoxy) is 2. The van der Waals surface area contributed by atoms with Gasteiger partial charge in [0.1, 0.15) is 6.54 Å². The summed E-state index contributed by atoms with van der Waals surface area (Å²) in [5.74, 6) is -1.46. The van der Waals surface area contributed by atoms with Crippen LogP contribution in [-0.4, -0.2) is 50.2 Å². The molecule has 1 heterocycles. The van der Waals surface area contributed by atoms with Crippen LogP contribution in [0.1, 0.15) is 15.9 Å². The van der Waals surface area contributed by atoms with Gasteiger partial charge >= 0.3 is 11.9 Å². The summed E-state index contributed by atoms with van der Waals surface area (Å²) in [4.78, 5) is 38.2. The SMILES string of the molecule is COC(=O)c1cn(CC(=O)OCC(=O)NCc2ccc(N(C)C)cc2)c2ccccc12. The summed E-state index contributed by atoms with van der Waals surface area (Å²) in [5.41, 5.74) is 3.07. The lowest BCUT2D eigenvalue weighted by molar-refractivity contribution is -0.149. The molecule has 1 amide bonds. The summed E-state index contributed by atoms with van der Waals surface area (Å²) in [5, 5.41) is 3.41. The number of methoxy groups -OCH3 is 1. The lowest BCUT2D eigenvalue weighted by Crippen LogP contribution is -2.29. The van der Waals surface area contributed by atoms with E-state index in [1.54, 1.807) is 29.0 Å². The molecule has 0 aliphatic heterocycles. The minimum atomic E-state index is -0.581. The van der Waals surface area contributed by atoms with Gasteiger partial charge in [0.2, 0.25) is 0 Å². The highest BCUT2D eigenvalue weighted by Gasteiger charge is 2.17. The molecule has 3 aromatic rings. The van der Waals surface area contributed by atoms with E-state index in [1.807, 2.05) is 49.3 Å². The number of anilines is 1. The monoisotopic (exact) mass is 423 g/mol. The third-order valence-corrected chi connectivity index (χ3v) is 4.80. The number of rotatable bonds is 8. The van der Waals surface area contributed by atoms with Gasteiger partial charge in [-0.3, -0.25) is 9.59 Å². The number of nitrogens with one attached hydrogen (secondary N) is 1. The molecule has 0 unspecified atom stereocenters. The first-order chi connectivity index (χ1) is 14.9. The molecule has 3 rings (SSSR count). The van der Waals surface area contributed by atoms with Crippen LogP contribution in [0.25, 0.3) is 10.9 Å². The van der Waals surface area contributed by atoms with E-state index < -0.39 is 17.8 Å². The zero-order valence-corrected chi connectivity index (χ0v) is 17.8. The fourth-order valence-electron chi connectivity index (χ4n) is 3.14. The third kappa shape index (κ3) is 5.42. The second-order valence-corrected chi connectivity index (χ2v) is 7.18. The van der Waals surface area contributed by atoms with Crippen LogP contribution < -0.4 is 10.2 Å². The summed E-state index contributed by atoms with van der Waals surface area (Å²) < 4.78 is 11.5. The van der Waals surface area contributed by atoms with E-state index in [-0.39, 0.29) is 13.2 Å². The number of benzene rings is 2. The summed E-state index contributed by atoms with van der Waals surface area (Å²) in [7, 11) is 5.22. The van der Waals surface area contributed by atoms with Crippen molar-refractivity contribution in [2.75, 3.05) is 32.7 Å². The summed E-state index contributed by atoms with van der Waals surface area (Å²) >= 11 is 0. The lowest BCUT2D eigenvalue weighted by Gasteiger charge is -2.13. The van der Waals surface area contributed by atoms with E-state index >= 15 is 0 Å². The maximum absolute atomic E-state index is 12.2. The van der Waals surface area contributed by atoms with Gasteiger partial charge in [-0.25, -0.2) is 4.79 Å². The molecular formula is C23H25N3O5. The van der Waals surface area contributed by atoms with Crippen LogP contribution in [0.5, 0.6) is 0 Å². The predicted molar refractivity (Wildman–Crippen MR) is 117 cm³/mol. The molecule has 0 spiro atoms. The largest absolute Gasteiger partial charge is 0.465 e. The fraction of sp³-hybridized carbons (Fsp3) is 0.261. The van der Waals surface area contributed by atoms with Gasteiger partial charge in [-0.1, -0.05) is 30.3 Å². The fourth-order valence-corrected chi connectivity index (χ4v) is 3.14. The molecule has 0 bridgehead atoms. The first kappa shape index (κ1) is 21.9. The second-order valence-electron chi connectivity index (χ2n) is 7.18. The molecule has 2 aromatic carbocycles. The summed E-state index contributed by atoms with van der Waals surface area (Å²) in [6, 6.07) is 15.0. The predicted octanol–water partition coefficient (Wildman–Crippen LogP) is 2.35. The Balaban J connectivity index is 1.53. The van der Waals surface area contributed by atoms with Crippen molar-refractivity contribution in [2.45, 2.75) is 13.1 Å². The van der Waals surface area contributed by atoms with Crippen molar-refractivity contribution in [3.8, 4) is 0 Å². The van der Waals surface area contributed by atoms with Gasteiger partial charge in [-0.2, -0.15) is 0 Å². The number of hydrogen-bond acceptors (Lipinski definition) is 6. The average molecular weight is 423 g/mol. The van der Waals surface area contributed by atoms with E-state index in [0.29, 0.717) is 23.0 Å². The highest BCUT2D eigenvalue weighted by atomic mass is 16.5. The van der Waals surface area contributed by atoms with Crippen molar-refractivity contribution in [3.63, 3.8) is 0 Å². The Labute approximate surface area is 180 Å². The quantitative estimate of drug-likeness (QED) is 0.560. The van der Waals surface area contributed by atoms with Crippen LogP contribution in [-0.2, 0) is 32.2 Å². The van der Waals surface area contributed by atoms with E-state index in [1.165, 1.54) is 7.11 Å². The van der Waals surface area contributed by atoms with Crippen molar-refractivity contribution >= 4 is 34.4 Å². The van der Waals surface area contributed by atoms with Gasteiger partial charge in [0.25, 0.3) is 5.91 Å². The maximum atomic E-state index is 12.2. The van der Waals surface area contributed by atoms with Crippen LogP contribution in [0, 0.1) is 0 Å². The molecule has 0 radical (unpaired) electrons. The van der Waals surface area contributed by atoms with Gasteiger partial charge in [-0.15, -0.1) is 0 Å². The van der Waals surface area contributed by atoms with Gasteiger partial charge in [0, 0.05) is 43.4 Å². The number of carbonyl (C=O) groups excluding carboxylic acids is 3. The van der Waals surface area contributed by atoms with Gasteiger partial charge in [0.05, 0.1) is 12.7 Å². The zero-order valence-electron chi connectivity index (χ0n) is 17.8. The topological polar surface area (TPSA) is 89.9 Å². The standard InChI is InChI=1S/C23H25N3O5/c1-25(2)17-10-8-16(9-11-17)12-24-21(27)15-31-22(28)14-26-13-19(23(29)30-3)18-6-4-5-7-20(18)26/h4-11,13H,12,14-15H2,1-3H3,(H,24,27). The Morgan fingerprint density at radius 1 is 1.03 bits per heavy atom. The van der Waals surface area contributed by atoms with Crippen LogP contribution >= 0.6 is 0 Å². The van der Waals surface area contributed by atoms with Crippen LogP contribution in [0.4, 0.5) is 5.69 Å². The van der Waals surface area contributed by atoms with Gasteiger partial charge in [-0.05, 0) is 23.8 Å². The van der Waals surface area contributed by atoms with E-state index in [4.69, 9.17) is 9.47 Å². The highest BCUT2D eigenvalue weighted by Crippen LogP contribution is 2.22. The van der Waals surface area contributed by atoms with E-state index in [0.717, 1.165) is 11.3 Å². The molecule has 0 atom stereocenters. The molecule has 0 saturated carbocycles. The molecule has 162 valence electrons. The molecule has 1 aromatic heterocycles.